The quantitative estimate of drug-likeness (QED) is 0.816. The van der Waals surface area contributed by atoms with Crippen LogP contribution in [-0.4, -0.2) is 30.6 Å². The van der Waals surface area contributed by atoms with Crippen molar-refractivity contribution in [2.45, 2.75) is 45.1 Å². The smallest absolute Gasteiger partial charge is 0.309 e. The molecule has 1 aromatic carbocycles. The van der Waals surface area contributed by atoms with E-state index in [2.05, 4.69) is 5.32 Å². The van der Waals surface area contributed by atoms with Crippen LogP contribution in [0, 0.1) is 17.8 Å². The number of fused-ring (bicyclic) bond motifs is 3. The second kappa shape index (κ2) is 7.21. The third kappa shape index (κ3) is 3.63. The lowest BCUT2D eigenvalue weighted by Gasteiger charge is -2.36. The van der Waals surface area contributed by atoms with Gasteiger partial charge in [-0.3, -0.25) is 14.4 Å². The second-order valence-electron chi connectivity index (χ2n) is 7.53. The van der Waals surface area contributed by atoms with Crippen molar-refractivity contribution in [1.29, 1.82) is 0 Å². The predicted octanol–water partition coefficient (Wildman–Crippen LogP) is 2.68. The highest BCUT2D eigenvalue weighted by Gasteiger charge is 2.42. The molecule has 1 heterocycles. The SMILES string of the molecule is C[C@H](OC(=O)C1C[C@H]2CCC[C@@H](C1)C2=O)C(=O)Nc1ccc2c(c1)OCO2. The van der Waals surface area contributed by atoms with Crippen LogP contribution in [0.1, 0.15) is 39.0 Å². The molecule has 4 atom stereocenters. The summed E-state index contributed by atoms with van der Waals surface area (Å²) in [6.45, 7) is 1.71. The standard InChI is InChI=1S/C20H23NO6/c1-11(19(23)21-15-5-6-16-17(9-15)26-10-25-16)27-20(24)14-7-12-3-2-4-13(8-14)18(12)22/h5-6,9,11-14H,2-4,7-8,10H2,1H3,(H,21,23)/t11-,12-,13+,14?/m0/s1. The summed E-state index contributed by atoms with van der Waals surface area (Å²) < 4.78 is 15.9. The van der Waals surface area contributed by atoms with Gasteiger partial charge in [-0.2, -0.15) is 0 Å². The van der Waals surface area contributed by atoms with Gasteiger partial charge in [-0.15, -0.1) is 0 Å². The molecule has 2 aliphatic carbocycles. The Labute approximate surface area is 157 Å². The van der Waals surface area contributed by atoms with E-state index in [9.17, 15) is 14.4 Å². The van der Waals surface area contributed by atoms with Crippen LogP contribution in [0.25, 0.3) is 0 Å². The van der Waals surface area contributed by atoms with Gasteiger partial charge in [-0.1, -0.05) is 6.42 Å². The van der Waals surface area contributed by atoms with Gasteiger partial charge in [0.15, 0.2) is 17.6 Å². The third-order valence-electron chi connectivity index (χ3n) is 5.68. The van der Waals surface area contributed by atoms with Crippen LogP contribution in [0.5, 0.6) is 11.5 Å². The molecule has 1 N–H and O–H groups in total. The van der Waals surface area contributed by atoms with Crippen molar-refractivity contribution in [3.05, 3.63) is 18.2 Å². The van der Waals surface area contributed by atoms with Crippen molar-refractivity contribution in [2.24, 2.45) is 17.8 Å². The lowest BCUT2D eigenvalue weighted by molar-refractivity contribution is -0.161. The molecule has 27 heavy (non-hydrogen) atoms. The molecular weight excluding hydrogens is 350 g/mol. The van der Waals surface area contributed by atoms with Gasteiger partial charge in [0, 0.05) is 23.6 Å². The number of ketones is 1. The maximum atomic E-state index is 12.5. The molecular formula is C20H23NO6. The number of amides is 1. The second-order valence-corrected chi connectivity index (χ2v) is 7.53. The monoisotopic (exact) mass is 373 g/mol. The molecule has 1 aromatic rings. The summed E-state index contributed by atoms with van der Waals surface area (Å²) >= 11 is 0. The lowest BCUT2D eigenvalue weighted by atomic mass is 9.67. The van der Waals surface area contributed by atoms with Crippen LogP contribution >= 0.6 is 0 Å². The Kier molecular flexibility index (Phi) is 4.76. The van der Waals surface area contributed by atoms with E-state index in [1.165, 1.54) is 0 Å². The van der Waals surface area contributed by atoms with Crippen LogP contribution in [0.15, 0.2) is 18.2 Å². The van der Waals surface area contributed by atoms with Crippen LogP contribution in [0.2, 0.25) is 0 Å². The van der Waals surface area contributed by atoms with Gasteiger partial charge in [-0.25, -0.2) is 0 Å². The van der Waals surface area contributed by atoms with E-state index >= 15 is 0 Å². The molecule has 0 spiro atoms. The van der Waals surface area contributed by atoms with Crippen molar-refractivity contribution in [2.75, 3.05) is 12.1 Å². The number of ether oxygens (including phenoxy) is 3. The van der Waals surface area contributed by atoms with Crippen molar-refractivity contribution in [3.63, 3.8) is 0 Å². The minimum Gasteiger partial charge on any atom is -0.454 e. The van der Waals surface area contributed by atoms with Gasteiger partial charge >= 0.3 is 5.97 Å². The number of Topliss-reactive ketones (excluding diaryl/α,β-unsaturated/α-hetero) is 1. The van der Waals surface area contributed by atoms with Gasteiger partial charge in [0.2, 0.25) is 6.79 Å². The van der Waals surface area contributed by atoms with Gasteiger partial charge in [0.1, 0.15) is 5.78 Å². The van der Waals surface area contributed by atoms with E-state index < -0.39 is 12.0 Å². The number of hydrogen-bond acceptors (Lipinski definition) is 6. The van der Waals surface area contributed by atoms with E-state index in [1.54, 1.807) is 25.1 Å². The highest BCUT2D eigenvalue weighted by molar-refractivity contribution is 5.95. The Bertz CT molecular complexity index is 760. The van der Waals surface area contributed by atoms with Crippen molar-refractivity contribution in [1.82, 2.24) is 0 Å². The van der Waals surface area contributed by atoms with Gasteiger partial charge in [0.05, 0.1) is 5.92 Å². The number of rotatable bonds is 4. The lowest BCUT2D eigenvalue weighted by Crippen LogP contribution is -2.41. The predicted molar refractivity (Wildman–Crippen MR) is 95.3 cm³/mol. The first-order chi connectivity index (χ1) is 13.0. The fourth-order valence-corrected chi connectivity index (χ4v) is 4.21. The first-order valence-corrected chi connectivity index (χ1v) is 9.46. The average Bonchev–Trinajstić information content (AvgIpc) is 3.09. The van der Waals surface area contributed by atoms with Crippen LogP contribution in [0.4, 0.5) is 5.69 Å². The number of esters is 1. The van der Waals surface area contributed by atoms with E-state index in [0.717, 1.165) is 19.3 Å². The zero-order valence-corrected chi connectivity index (χ0v) is 15.2. The molecule has 2 fully saturated rings. The molecule has 0 saturated heterocycles. The molecule has 1 unspecified atom stereocenters. The molecule has 7 nitrogen and oxygen atoms in total. The molecule has 3 aliphatic rings. The molecule has 2 bridgehead atoms. The van der Waals surface area contributed by atoms with Gasteiger partial charge in [-0.05, 0) is 44.7 Å². The summed E-state index contributed by atoms with van der Waals surface area (Å²) in [5.74, 6) is 0.376. The molecule has 1 amide bonds. The average molecular weight is 373 g/mol. The summed E-state index contributed by atoms with van der Waals surface area (Å²) in [5.41, 5.74) is 0.546. The van der Waals surface area contributed by atoms with Gasteiger partial charge in [0.25, 0.3) is 5.91 Å². The number of anilines is 1. The third-order valence-corrected chi connectivity index (χ3v) is 5.68. The summed E-state index contributed by atoms with van der Waals surface area (Å²) in [7, 11) is 0. The van der Waals surface area contributed by atoms with Crippen molar-refractivity contribution < 1.29 is 28.6 Å². The number of carbonyl (C=O) groups excluding carboxylic acids is 3. The van der Waals surface area contributed by atoms with E-state index in [1.807, 2.05) is 0 Å². The zero-order chi connectivity index (χ0) is 19.0. The van der Waals surface area contributed by atoms with E-state index in [4.69, 9.17) is 14.2 Å². The highest BCUT2D eigenvalue weighted by Crippen LogP contribution is 2.40. The summed E-state index contributed by atoms with van der Waals surface area (Å²) in [4.78, 5) is 37.0. The first kappa shape index (κ1) is 17.8. The number of benzene rings is 1. The van der Waals surface area contributed by atoms with E-state index in [-0.39, 0.29) is 30.5 Å². The molecule has 4 rings (SSSR count). The van der Waals surface area contributed by atoms with Crippen molar-refractivity contribution in [3.8, 4) is 11.5 Å². The number of carbonyl (C=O) groups is 3. The molecule has 2 saturated carbocycles. The molecule has 7 heteroatoms. The Morgan fingerprint density at radius 1 is 1.15 bits per heavy atom. The van der Waals surface area contributed by atoms with Crippen LogP contribution in [0.3, 0.4) is 0 Å². The molecule has 0 radical (unpaired) electrons. The number of nitrogens with one attached hydrogen (secondary N) is 1. The normalized spacial score (nSPS) is 27.0. The van der Waals surface area contributed by atoms with Crippen molar-refractivity contribution >= 4 is 23.3 Å². The van der Waals surface area contributed by atoms with E-state index in [0.29, 0.717) is 35.8 Å². The topological polar surface area (TPSA) is 90.9 Å². The Morgan fingerprint density at radius 3 is 2.59 bits per heavy atom. The largest absolute Gasteiger partial charge is 0.454 e. The molecule has 1 aliphatic heterocycles. The fourth-order valence-electron chi connectivity index (χ4n) is 4.21. The maximum absolute atomic E-state index is 12.5. The minimum absolute atomic E-state index is 0.0205. The molecule has 0 aromatic heterocycles. The minimum atomic E-state index is -0.916. The summed E-state index contributed by atoms with van der Waals surface area (Å²) in [6.07, 6.45) is 2.95. The zero-order valence-electron chi connectivity index (χ0n) is 15.2. The fraction of sp³-hybridized carbons (Fsp3) is 0.550. The summed E-state index contributed by atoms with van der Waals surface area (Å²) in [6, 6.07) is 5.09. The maximum Gasteiger partial charge on any atom is 0.309 e. The molecule has 144 valence electrons. The van der Waals surface area contributed by atoms with Gasteiger partial charge < -0.3 is 19.5 Å². The first-order valence-electron chi connectivity index (χ1n) is 9.46. The van der Waals surface area contributed by atoms with Crippen LogP contribution < -0.4 is 14.8 Å². The highest BCUT2D eigenvalue weighted by atomic mass is 16.7. The Hall–Kier alpha value is -2.57. The number of hydrogen-bond donors (Lipinski definition) is 1. The van der Waals surface area contributed by atoms with Crippen LogP contribution in [-0.2, 0) is 19.1 Å². The Morgan fingerprint density at radius 2 is 1.85 bits per heavy atom. The Balaban J connectivity index is 1.33. The summed E-state index contributed by atoms with van der Waals surface area (Å²) in [5, 5.41) is 2.72.